The zero-order valence-electron chi connectivity index (χ0n) is 17.3. The zero-order chi connectivity index (χ0) is 22.0. The molecule has 0 aliphatic carbocycles. The molecule has 0 fully saturated rings. The number of aliphatic hydroxyl groups excluding tert-OH is 1. The summed E-state index contributed by atoms with van der Waals surface area (Å²) in [7, 11) is 0. The monoisotopic (exact) mass is 421 g/mol. The first kappa shape index (κ1) is 20.5. The van der Waals surface area contributed by atoms with E-state index in [0.29, 0.717) is 29.4 Å². The van der Waals surface area contributed by atoms with Crippen LogP contribution >= 0.6 is 0 Å². The van der Waals surface area contributed by atoms with Crippen molar-refractivity contribution in [1.82, 2.24) is 4.90 Å². The minimum atomic E-state index is -0.796. The Hall–Kier alpha value is -3.74. The largest absolute Gasteiger partial charge is 0.503 e. The third-order valence-electron chi connectivity index (χ3n) is 5.09. The number of carbonyl (C=O) groups is 2. The van der Waals surface area contributed by atoms with Crippen molar-refractivity contribution in [3.05, 3.63) is 89.0 Å². The van der Waals surface area contributed by atoms with E-state index in [1.54, 1.807) is 49.4 Å². The van der Waals surface area contributed by atoms with Crippen LogP contribution in [0.25, 0.3) is 0 Å². The Labute approximate surface area is 179 Å². The van der Waals surface area contributed by atoms with E-state index < -0.39 is 23.5 Å². The van der Waals surface area contributed by atoms with Crippen LogP contribution < -0.4 is 4.74 Å². The molecule has 0 unspecified atom stereocenters. The molecule has 7 heteroatoms. The van der Waals surface area contributed by atoms with Crippen molar-refractivity contribution in [3.63, 3.8) is 0 Å². The van der Waals surface area contributed by atoms with Crippen LogP contribution in [0.4, 0.5) is 0 Å². The van der Waals surface area contributed by atoms with Crippen LogP contribution in [0, 0.1) is 6.92 Å². The Bertz CT molecular complexity index is 1110. The number of rotatable bonds is 8. The van der Waals surface area contributed by atoms with Gasteiger partial charge < -0.3 is 23.6 Å². The summed E-state index contributed by atoms with van der Waals surface area (Å²) in [4.78, 5) is 27.6. The molecule has 0 spiro atoms. The van der Waals surface area contributed by atoms with Crippen LogP contribution in [0.15, 0.2) is 75.0 Å². The third-order valence-corrected chi connectivity index (χ3v) is 5.09. The summed E-state index contributed by atoms with van der Waals surface area (Å²) in [5.74, 6) is 0.110. The lowest BCUT2D eigenvalue weighted by molar-refractivity contribution is -0.130. The van der Waals surface area contributed by atoms with Crippen molar-refractivity contribution < 1.29 is 28.3 Å². The molecule has 0 saturated carbocycles. The lowest BCUT2D eigenvalue weighted by Crippen LogP contribution is -2.30. The van der Waals surface area contributed by atoms with Gasteiger partial charge in [-0.1, -0.05) is 19.1 Å². The summed E-state index contributed by atoms with van der Waals surface area (Å²) in [6, 6.07) is 13.0. The second kappa shape index (κ2) is 8.55. The average molecular weight is 421 g/mol. The molecule has 1 amide bonds. The molecular weight excluding hydrogens is 398 g/mol. The Balaban J connectivity index is 1.73. The topological polar surface area (TPSA) is 93.1 Å². The van der Waals surface area contributed by atoms with Gasteiger partial charge in [-0.3, -0.25) is 9.59 Å². The first-order valence-corrected chi connectivity index (χ1v) is 10.1. The third kappa shape index (κ3) is 3.99. The quantitative estimate of drug-likeness (QED) is 0.528. The minimum absolute atomic E-state index is 0.0202. The number of Topliss-reactive ketones (excluding diaryl/α,β-unsaturated/α-hetero) is 1. The van der Waals surface area contributed by atoms with Gasteiger partial charge in [0.2, 0.25) is 5.78 Å². The summed E-state index contributed by atoms with van der Waals surface area (Å²) in [5, 5.41) is 10.7. The number of ketones is 1. The maximum atomic E-state index is 13.2. The van der Waals surface area contributed by atoms with Gasteiger partial charge in [-0.15, -0.1) is 0 Å². The highest BCUT2D eigenvalue weighted by Crippen LogP contribution is 2.40. The number of carbonyl (C=O) groups excluding carboxylic acids is 2. The molecule has 4 rings (SSSR count). The van der Waals surface area contributed by atoms with Gasteiger partial charge in [0.15, 0.2) is 11.5 Å². The summed E-state index contributed by atoms with van der Waals surface area (Å²) in [5.41, 5.74) is 0.646. The molecule has 7 nitrogen and oxygen atoms in total. The highest BCUT2D eigenvalue weighted by atomic mass is 16.5. The van der Waals surface area contributed by atoms with E-state index >= 15 is 0 Å². The van der Waals surface area contributed by atoms with E-state index in [1.807, 2.05) is 6.92 Å². The fraction of sp³-hybridized carbons (Fsp3) is 0.250. The van der Waals surface area contributed by atoms with E-state index in [9.17, 15) is 14.7 Å². The lowest BCUT2D eigenvalue weighted by Gasteiger charge is -2.26. The first-order chi connectivity index (χ1) is 15.0. The van der Waals surface area contributed by atoms with Crippen LogP contribution in [-0.4, -0.2) is 28.3 Å². The van der Waals surface area contributed by atoms with Crippen LogP contribution in [0.3, 0.4) is 0 Å². The number of amides is 1. The van der Waals surface area contributed by atoms with Crippen molar-refractivity contribution in [3.8, 4) is 5.75 Å². The van der Waals surface area contributed by atoms with Crippen molar-refractivity contribution >= 4 is 11.7 Å². The highest BCUT2D eigenvalue weighted by Gasteiger charge is 2.44. The number of nitrogens with zero attached hydrogens (tertiary/aromatic N) is 1. The summed E-state index contributed by atoms with van der Waals surface area (Å²) in [6.45, 7) is 4.43. The minimum Gasteiger partial charge on any atom is -0.503 e. The van der Waals surface area contributed by atoms with E-state index in [4.69, 9.17) is 13.6 Å². The molecule has 3 heterocycles. The van der Waals surface area contributed by atoms with Crippen molar-refractivity contribution in [2.24, 2.45) is 0 Å². The molecule has 160 valence electrons. The predicted molar refractivity (Wildman–Crippen MR) is 112 cm³/mol. The number of hydrogen-bond acceptors (Lipinski definition) is 6. The van der Waals surface area contributed by atoms with Crippen molar-refractivity contribution in [2.45, 2.75) is 32.9 Å². The molecule has 1 atom stereocenters. The van der Waals surface area contributed by atoms with Crippen molar-refractivity contribution in [2.75, 3.05) is 6.61 Å². The van der Waals surface area contributed by atoms with Gasteiger partial charge in [0.1, 0.15) is 17.3 Å². The predicted octanol–water partition coefficient (Wildman–Crippen LogP) is 4.75. The Morgan fingerprint density at radius 2 is 1.94 bits per heavy atom. The molecule has 0 radical (unpaired) electrons. The van der Waals surface area contributed by atoms with E-state index in [-0.39, 0.29) is 17.9 Å². The number of aryl methyl sites for hydroxylation is 1. The molecule has 0 bridgehead atoms. The van der Waals surface area contributed by atoms with Crippen LogP contribution in [0.2, 0.25) is 0 Å². The standard InChI is InChI=1S/C24H23NO6/c1-3-12-29-17-9-7-16(8-10-17)21-20(22(26)19-11-6-15(2)31-19)23(27)24(28)25(21)14-18-5-4-13-30-18/h4-11,13,21,27H,3,12,14H2,1-2H3/t21-/m1/s1. The van der Waals surface area contributed by atoms with E-state index in [0.717, 1.165) is 6.42 Å². The number of hydrogen-bond donors (Lipinski definition) is 1. The molecular formula is C24H23NO6. The molecule has 31 heavy (non-hydrogen) atoms. The number of furan rings is 2. The van der Waals surface area contributed by atoms with Gasteiger partial charge >= 0.3 is 0 Å². The van der Waals surface area contributed by atoms with Gasteiger partial charge in [0.25, 0.3) is 5.91 Å². The van der Waals surface area contributed by atoms with Crippen LogP contribution in [0.5, 0.6) is 5.75 Å². The van der Waals surface area contributed by atoms with Crippen LogP contribution in [0.1, 0.15) is 47.0 Å². The van der Waals surface area contributed by atoms with Gasteiger partial charge in [-0.25, -0.2) is 0 Å². The fourth-order valence-electron chi connectivity index (χ4n) is 3.62. The summed E-state index contributed by atoms with van der Waals surface area (Å²) < 4.78 is 16.5. The van der Waals surface area contributed by atoms with Crippen LogP contribution in [-0.2, 0) is 11.3 Å². The summed E-state index contributed by atoms with van der Waals surface area (Å²) >= 11 is 0. The smallest absolute Gasteiger partial charge is 0.290 e. The Morgan fingerprint density at radius 3 is 2.55 bits per heavy atom. The number of benzene rings is 1. The second-order valence-electron chi connectivity index (χ2n) is 7.33. The molecule has 1 aromatic carbocycles. The zero-order valence-corrected chi connectivity index (χ0v) is 17.3. The molecule has 1 N–H and O–H groups in total. The maximum absolute atomic E-state index is 13.2. The number of aliphatic hydroxyl groups is 1. The van der Waals surface area contributed by atoms with E-state index in [1.165, 1.54) is 17.2 Å². The average Bonchev–Trinajstić information content (AvgIpc) is 3.50. The molecule has 0 saturated heterocycles. The van der Waals surface area contributed by atoms with Gasteiger partial charge in [-0.2, -0.15) is 0 Å². The van der Waals surface area contributed by atoms with Gasteiger partial charge in [-0.05, 0) is 55.3 Å². The van der Waals surface area contributed by atoms with Crippen molar-refractivity contribution in [1.29, 1.82) is 0 Å². The molecule has 3 aromatic rings. The first-order valence-electron chi connectivity index (χ1n) is 10.1. The second-order valence-corrected chi connectivity index (χ2v) is 7.33. The summed E-state index contributed by atoms with van der Waals surface area (Å²) in [6.07, 6.45) is 2.39. The lowest BCUT2D eigenvalue weighted by atomic mass is 9.95. The Morgan fingerprint density at radius 1 is 1.16 bits per heavy atom. The SMILES string of the molecule is CCCOc1ccc([C@@H]2C(C(=O)c3ccc(C)o3)=C(O)C(=O)N2Cc2ccco2)cc1. The molecule has 2 aromatic heterocycles. The maximum Gasteiger partial charge on any atom is 0.290 e. The Kier molecular flexibility index (Phi) is 5.66. The normalized spacial score (nSPS) is 16.3. The number of ether oxygens (including phenoxy) is 1. The van der Waals surface area contributed by atoms with Gasteiger partial charge in [0.05, 0.1) is 31.0 Å². The van der Waals surface area contributed by atoms with E-state index in [2.05, 4.69) is 0 Å². The molecule has 1 aliphatic heterocycles. The fourth-order valence-corrected chi connectivity index (χ4v) is 3.62. The highest BCUT2D eigenvalue weighted by molar-refractivity contribution is 6.15. The molecule has 1 aliphatic rings. The van der Waals surface area contributed by atoms with Gasteiger partial charge in [0, 0.05) is 0 Å².